The lowest BCUT2D eigenvalue weighted by atomic mass is 9.89. The van der Waals surface area contributed by atoms with E-state index in [9.17, 15) is 13.5 Å². The quantitative estimate of drug-likeness (QED) is 0.626. The fraction of sp³-hybridized carbons (Fsp3) is 0.350. The highest BCUT2D eigenvalue weighted by atomic mass is 32.2. The molecule has 4 rings (SSSR count). The van der Waals surface area contributed by atoms with Crippen molar-refractivity contribution in [3.63, 3.8) is 0 Å². The normalized spacial score (nSPS) is 16.4. The Morgan fingerprint density at radius 3 is 2.59 bits per heavy atom. The molecule has 2 N–H and O–H groups in total. The summed E-state index contributed by atoms with van der Waals surface area (Å²) in [7, 11) is -3.73. The molecule has 27 heavy (non-hydrogen) atoms. The molecule has 2 aromatic carbocycles. The number of sulfonamides is 1. The lowest BCUT2D eigenvalue weighted by Gasteiger charge is -2.37. The van der Waals surface area contributed by atoms with E-state index in [0.29, 0.717) is 5.56 Å². The van der Waals surface area contributed by atoms with Gasteiger partial charge in [0.15, 0.2) is 0 Å². The minimum Gasteiger partial charge on any atom is -0.507 e. The third-order valence-electron chi connectivity index (χ3n) is 5.23. The van der Waals surface area contributed by atoms with E-state index in [-0.39, 0.29) is 10.6 Å². The second kappa shape index (κ2) is 6.88. The van der Waals surface area contributed by atoms with Crippen molar-refractivity contribution in [1.82, 2.24) is 4.83 Å². The molecule has 0 amide bonds. The molecule has 0 fully saturated rings. The molecule has 0 saturated carbocycles. The van der Waals surface area contributed by atoms with Gasteiger partial charge in [-0.25, -0.2) is 4.83 Å². The minimum atomic E-state index is -3.73. The molecule has 0 bridgehead atoms. The van der Waals surface area contributed by atoms with Gasteiger partial charge in [0.05, 0.1) is 11.1 Å². The van der Waals surface area contributed by atoms with Gasteiger partial charge in [-0.1, -0.05) is 17.7 Å². The van der Waals surface area contributed by atoms with Crippen LogP contribution in [0.25, 0.3) is 0 Å². The van der Waals surface area contributed by atoms with Gasteiger partial charge in [-0.2, -0.15) is 13.5 Å². The summed E-state index contributed by atoms with van der Waals surface area (Å²) in [5.74, 6) is 0.207. The molecule has 6 nitrogen and oxygen atoms in total. The number of rotatable bonds is 4. The van der Waals surface area contributed by atoms with E-state index in [1.807, 2.05) is 13.0 Å². The van der Waals surface area contributed by atoms with Crippen LogP contribution in [0.1, 0.15) is 35.1 Å². The van der Waals surface area contributed by atoms with Crippen molar-refractivity contribution in [3.05, 3.63) is 52.6 Å². The van der Waals surface area contributed by atoms with E-state index in [4.69, 9.17) is 0 Å². The third kappa shape index (κ3) is 3.39. The molecular formula is C20H23N3O3S. The SMILES string of the molecule is Cc1ccc(S(=O)(=O)N/N=C/c2cc3c4c(c2O)CCCN4CCC3)cc1. The topological polar surface area (TPSA) is 82.0 Å². The number of phenolic OH excluding ortho intramolecular Hbond substituents is 1. The highest BCUT2D eigenvalue weighted by Gasteiger charge is 2.27. The number of benzene rings is 2. The number of hydrogen-bond acceptors (Lipinski definition) is 5. The second-order valence-electron chi connectivity index (χ2n) is 7.16. The first-order chi connectivity index (χ1) is 13.0. The Bertz CT molecular complexity index is 996. The molecule has 0 unspecified atom stereocenters. The fourth-order valence-corrected chi connectivity index (χ4v) is 4.69. The summed E-state index contributed by atoms with van der Waals surface area (Å²) in [6, 6.07) is 8.49. The van der Waals surface area contributed by atoms with Gasteiger partial charge in [0, 0.05) is 29.9 Å². The summed E-state index contributed by atoms with van der Waals surface area (Å²) in [5, 5.41) is 14.6. The molecule has 2 aromatic rings. The van der Waals surface area contributed by atoms with Crippen LogP contribution in [0, 0.1) is 6.92 Å². The van der Waals surface area contributed by atoms with Gasteiger partial charge in [-0.05, 0) is 56.4 Å². The number of aryl methyl sites for hydroxylation is 2. The summed E-state index contributed by atoms with van der Waals surface area (Å²) < 4.78 is 24.7. The molecular weight excluding hydrogens is 362 g/mol. The summed E-state index contributed by atoms with van der Waals surface area (Å²) in [6.45, 7) is 3.96. The van der Waals surface area contributed by atoms with Crippen LogP contribution in [0.3, 0.4) is 0 Å². The number of phenols is 1. The maximum absolute atomic E-state index is 12.3. The van der Waals surface area contributed by atoms with E-state index in [1.54, 1.807) is 24.3 Å². The Balaban J connectivity index is 1.60. The van der Waals surface area contributed by atoms with Crippen LogP contribution in [0.5, 0.6) is 5.75 Å². The van der Waals surface area contributed by atoms with Crippen LogP contribution in [-0.2, 0) is 22.9 Å². The third-order valence-corrected chi connectivity index (χ3v) is 6.47. The van der Waals surface area contributed by atoms with Crippen molar-refractivity contribution < 1.29 is 13.5 Å². The zero-order valence-electron chi connectivity index (χ0n) is 15.3. The molecule has 0 saturated heterocycles. The van der Waals surface area contributed by atoms with Gasteiger partial charge in [0.1, 0.15) is 5.75 Å². The number of hydrazone groups is 1. The van der Waals surface area contributed by atoms with Crippen LogP contribution < -0.4 is 9.73 Å². The predicted molar refractivity (Wildman–Crippen MR) is 106 cm³/mol. The summed E-state index contributed by atoms with van der Waals surface area (Å²) >= 11 is 0. The smallest absolute Gasteiger partial charge is 0.276 e. The lowest BCUT2D eigenvalue weighted by Crippen LogP contribution is -2.34. The number of hydrogen-bond donors (Lipinski definition) is 2. The van der Waals surface area contributed by atoms with Gasteiger partial charge in [0.2, 0.25) is 0 Å². The zero-order valence-corrected chi connectivity index (χ0v) is 16.1. The van der Waals surface area contributed by atoms with E-state index in [0.717, 1.165) is 49.9 Å². The predicted octanol–water partition coefficient (Wildman–Crippen LogP) is 2.71. The fourth-order valence-electron chi connectivity index (χ4n) is 3.90. The van der Waals surface area contributed by atoms with Crippen molar-refractivity contribution in [2.75, 3.05) is 18.0 Å². The number of aromatic hydroxyl groups is 1. The highest BCUT2D eigenvalue weighted by molar-refractivity contribution is 7.89. The molecule has 0 atom stereocenters. The van der Waals surface area contributed by atoms with Crippen molar-refractivity contribution in [1.29, 1.82) is 0 Å². The van der Waals surface area contributed by atoms with Crippen molar-refractivity contribution in [2.45, 2.75) is 37.5 Å². The average Bonchev–Trinajstić information content (AvgIpc) is 2.66. The number of nitrogens with one attached hydrogen (secondary N) is 1. The second-order valence-corrected chi connectivity index (χ2v) is 8.82. The Labute approximate surface area is 159 Å². The molecule has 0 aliphatic carbocycles. The first-order valence-electron chi connectivity index (χ1n) is 9.20. The average molecular weight is 385 g/mol. The number of anilines is 1. The Morgan fingerprint density at radius 2 is 1.85 bits per heavy atom. The molecule has 2 aliphatic rings. The van der Waals surface area contributed by atoms with Crippen molar-refractivity contribution in [2.24, 2.45) is 5.10 Å². The van der Waals surface area contributed by atoms with Gasteiger partial charge in [-0.3, -0.25) is 0 Å². The highest BCUT2D eigenvalue weighted by Crippen LogP contribution is 2.41. The Kier molecular flexibility index (Phi) is 4.55. The largest absolute Gasteiger partial charge is 0.507 e. The molecule has 142 valence electrons. The van der Waals surface area contributed by atoms with E-state index < -0.39 is 10.0 Å². The molecule has 0 radical (unpaired) electrons. The monoisotopic (exact) mass is 385 g/mol. The van der Waals surface area contributed by atoms with Crippen LogP contribution in [-0.4, -0.2) is 32.8 Å². The van der Waals surface area contributed by atoms with E-state index in [2.05, 4.69) is 14.8 Å². The zero-order chi connectivity index (χ0) is 19.0. The Hall–Kier alpha value is -2.54. The molecule has 0 spiro atoms. The maximum atomic E-state index is 12.3. The summed E-state index contributed by atoms with van der Waals surface area (Å²) in [5.41, 5.74) is 4.87. The molecule has 2 aliphatic heterocycles. The van der Waals surface area contributed by atoms with Gasteiger partial charge in [-0.15, -0.1) is 0 Å². The summed E-state index contributed by atoms with van der Waals surface area (Å²) in [6.07, 6.45) is 5.30. The van der Waals surface area contributed by atoms with Crippen molar-refractivity contribution >= 4 is 21.9 Å². The van der Waals surface area contributed by atoms with Crippen LogP contribution in [0.15, 0.2) is 40.3 Å². The van der Waals surface area contributed by atoms with Crippen LogP contribution in [0.2, 0.25) is 0 Å². The molecule has 2 heterocycles. The minimum absolute atomic E-state index is 0.158. The van der Waals surface area contributed by atoms with E-state index in [1.165, 1.54) is 17.5 Å². The van der Waals surface area contributed by atoms with Crippen molar-refractivity contribution in [3.8, 4) is 5.75 Å². The van der Waals surface area contributed by atoms with Gasteiger partial charge < -0.3 is 10.0 Å². The number of nitrogens with zero attached hydrogens (tertiary/aromatic N) is 2. The maximum Gasteiger partial charge on any atom is 0.276 e. The molecule has 7 heteroatoms. The summed E-state index contributed by atoms with van der Waals surface area (Å²) in [4.78, 5) is 4.73. The van der Waals surface area contributed by atoms with Gasteiger partial charge in [0.25, 0.3) is 10.0 Å². The Morgan fingerprint density at radius 1 is 1.15 bits per heavy atom. The van der Waals surface area contributed by atoms with Crippen LogP contribution in [0.4, 0.5) is 5.69 Å². The first-order valence-corrected chi connectivity index (χ1v) is 10.7. The van der Waals surface area contributed by atoms with Gasteiger partial charge >= 0.3 is 0 Å². The molecule has 0 aromatic heterocycles. The first kappa shape index (κ1) is 17.9. The standard InChI is InChI=1S/C20H23N3O3S/c1-14-6-8-17(9-7-14)27(25,26)22-21-13-16-12-15-4-2-10-23-11-3-5-18(19(15)23)20(16)24/h6-9,12-13,22,24H,2-5,10-11H2,1H3/b21-13+. The van der Waals surface area contributed by atoms with E-state index >= 15 is 0 Å². The lowest BCUT2D eigenvalue weighted by molar-refractivity contribution is 0.461. The van der Waals surface area contributed by atoms with Crippen LogP contribution >= 0.6 is 0 Å².